The Hall–Kier alpha value is -2.10. The normalized spacial score (nSPS) is 15.2. The van der Waals surface area contributed by atoms with Crippen molar-refractivity contribution >= 4 is 5.91 Å². The van der Waals surface area contributed by atoms with Crippen LogP contribution in [0.5, 0.6) is 11.5 Å². The molecule has 2 N–H and O–H groups in total. The molecule has 0 radical (unpaired) electrons. The van der Waals surface area contributed by atoms with Crippen molar-refractivity contribution in [2.75, 3.05) is 40.5 Å². The first-order valence-corrected chi connectivity index (χ1v) is 6.71. The summed E-state index contributed by atoms with van der Waals surface area (Å²) in [4.78, 5) is 24.2. The molecule has 122 valence electrons. The minimum atomic E-state index is -0.961. The molecule has 1 aromatic rings. The standard InChI is InChI=1S/C13H19N3O6/c1-21-5-3-15-8-14-7-9(17)11(18)12(19)10(14)13(20)16(15)4-6-22-2/h7,17,19H,3-6,8H2,1-2H3. The Kier molecular flexibility index (Phi) is 5.01. The van der Waals surface area contributed by atoms with Crippen LogP contribution in [0.25, 0.3) is 0 Å². The molecular formula is C13H19N3O6. The van der Waals surface area contributed by atoms with Crippen LogP contribution >= 0.6 is 0 Å². The van der Waals surface area contributed by atoms with Crippen LogP contribution in [-0.2, 0) is 16.1 Å². The molecule has 1 aromatic heterocycles. The largest absolute Gasteiger partial charge is 0.503 e. The lowest BCUT2D eigenvalue weighted by molar-refractivity contribution is -0.0627. The van der Waals surface area contributed by atoms with Gasteiger partial charge in [-0.3, -0.25) is 14.6 Å². The zero-order chi connectivity index (χ0) is 16.3. The Morgan fingerprint density at radius 3 is 2.41 bits per heavy atom. The van der Waals surface area contributed by atoms with Crippen molar-refractivity contribution < 1.29 is 24.5 Å². The van der Waals surface area contributed by atoms with Crippen LogP contribution in [-0.4, -0.2) is 71.2 Å². The maximum absolute atomic E-state index is 12.6. The minimum Gasteiger partial charge on any atom is -0.503 e. The van der Waals surface area contributed by atoms with E-state index >= 15 is 0 Å². The summed E-state index contributed by atoms with van der Waals surface area (Å²) in [5.41, 5.74) is -1.11. The van der Waals surface area contributed by atoms with Crippen molar-refractivity contribution in [2.45, 2.75) is 6.67 Å². The number of hydrazine groups is 1. The van der Waals surface area contributed by atoms with Crippen molar-refractivity contribution in [3.8, 4) is 11.5 Å². The van der Waals surface area contributed by atoms with Crippen molar-refractivity contribution in [1.29, 1.82) is 0 Å². The lowest BCUT2D eigenvalue weighted by atomic mass is 10.2. The molecule has 1 aliphatic rings. The van der Waals surface area contributed by atoms with Gasteiger partial charge in [-0.25, -0.2) is 0 Å². The van der Waals surface area contributed by atoms with Crippen LogP contribution in [0.2, 0.25) is 0 Å². The zero-order valence-electron chi connectivity index (χ0n) is 12.5. The highest BCUT2D eigenvalue weighted by Gasteiger charge is 2.34. The molecule has 0 saturated heterocycles. The molecule has 0 fully saturated rings. The Balaban J connectivity index is 2.41. The number of pyridine rings is 1. The molecule has 9 nitrogen and oxygen atoms in total. The summed E-state index contributed by atoms with van der Waals surface area (Å²) < 4.78 is 11.3. The number of nitrogens with zero attached hydrogens (tertiary/aromatic N) is 3. The van der Waals surface area contributed by atoms with Gasteiger partial charge >= 0.3 is 0 Å². The van der Waals surface area contributed by atoms with Crippen molar-refractivity contribution in [1.82, 2.24) is 14.6 Å². The monoisotopic (exact) mass is 313 g/mol. The van der Waals surface area contributed by atoms with Crippen molar-refractivity contribution in [3.05, 3.63) is 22.1 Å². The molecule has 1 aliphatic heterocycles. The second kappa shape index (κ2) is 6.77. The first-order valence-electron chi connectivity index (χ1n) is 6.71. The number of carbonyl (C=O) groups excluding carboxylic acids is 1. The Morgan fingerprint density at radius 1 is 1.14 bits per heavy atom. The number of aromatic hydroxyl groups is 2. The fourth-order valence-electron chi connectivity index (χ4n) is 2.28. The molecule has 0 aliphatic carbocycles. The number of carbonyl (C=O) groups is 1. The Labute approximate surface area is 126 Å². The number of hydrogen-bond donors (Lipinski definition) is 2. The molecule has 0 bridgehead atoms. The first-order chi connectivity index (χ1) is 10.5. The lowest BCUT2D eigenvalue weighted by Crippen LogP contribution is -2.54. The van der Waals surface area contributed by atoms with Crippen LogP contribution in [0.3, 0.4) is 0 Å². The molecule has 0 spiro atoms. The van der Waals surface area contributed by atoms with Gasteiger partial charge in [-0.05, 0) is 0 Å². The van der Waals surface area contributed by atoms with Gasteiger partial charge in [-0.15, -0.1) is 0 Å². The number of methoxy groups -OCH3 is 2. The highest BCUT2D eigenvalue weighted by atomic mass is 16.5. The SMILES string of the molecule is COCCN1Cn2cc(O)c(=O)c(O)c2C(=O)N1CCOC. The third-order valence-electron chi connectivity index (χ3n) is 3.39. The predicted molar refractivity (Wildman–Crippen MR) is 75.5 cm³/mol. The molecule has 9 heteroatoms. The zero-order valence-corrected chi connectivity index (χ0v) is 12.5. The Bertz CT molecular complexity index is 615. The quantitative estimate of drug-likeness (QED) is 0.707. The van der Waals surface area contributed by atoms with Gasteiger partial charge in [0, 0.05) is 20.8 Å². The van der Waals surface area contributed by atoms with Gasteiger partial charge in [0.1, 0.15) is 0 Å². The smallest absolute Gasteiger partial charge is 0.288 e. The van der Waals surface area contributed by atoms with Gasteiger partial charge in [-0.2, -0.15) is 5.01 Å². The van der Waals surface area contributed by atoms with E-state index in [0.29, 0.717) is 19.8 Å². The third kappa shape index (κ3) is 2.91. The van der Waals surface area contributed by atoms with E-state index in [-0.39, 0.29) is 18.9 Å². The van der Waals surface area contributed by atoms with E-state index in [1.165, 1.54) is 16.7 Å². The molecule has 2 heterocycles. The summed E-state index contributed by atoms with van der Waals surface area (Å²) in [7, 11) is 3.07. The lowest BCUT2D eigenvalue weighted by Gasteiger charge is -2.39. The van der Waals surface area contributed by atoms with E-state index < -0.39 is 22.8 Å². The minimum absolute atomic E-state index is 0.146. The average molecular weight is 313 g/mol. The highest BCUT2D eigenvalue weighted by molar-refractivity contribution is 5.95. The van der Waals surface area contributed by atoms with E-state index in [1.54, 1.807) is 12.1 Å². The maximum atomic E-state index is 12.6. The van der Waals surface area contributed by atoms with Crippen LogP contribution in [0.15, 0.2) is 11.0 Å². The Morgan fingerprint density at radius 2 is 1.77 bits per heavy atom. The van der Waals surface area contributed by atoms with Crippen molar-refractivity contribution in [3.63, 3.8) is 0 Å². The van der Waals surface area contributed by atoms with Crippen LogP contribution in [0, 0.1) is 0 Å². The molecule has 22 heavy (non-hydrogen) atoms. The summed E-state index contributed by atoms with van der Waals surface area (Å²) in [6.45, 7) is 1.59. The number of fused-ring (bicyclic) bond motifs is 1. The van der Waals surface area contributed by atoms with E-state index in [1.807, 2.05) is 0 Å². The van der Waals surface area contributed by atoms with Gasteiger partial charge in [0.2, 0.25) is 0 Å². The second-order valence-corrected chi connectivity index (χ2v) is 4.80. The van der Waals surface area contributed by atoms with Gasteiger partial charge < -0.3 is 24.3 Å². The van der Waals surface area contributed by atoms with Crippen molar-refractivity contribution in [2.24, 2.45) is 0 Å². The molecular weight excluding hydrogens is 294 g/mol. The predicted octanol–water partition coefficient (Wildman–Crippen LogP) is -0.817. The van der Waals surface area contributed by atoms with Crippen LogP contribution in [0.1, 0.15) is 10.5 Å². The summed E-state index contributed by atoms with van der Waals surface area (Å²) in [6, 6.07) is 0. The first kappa shape index (κ1) is 16.3. The van der Waals surface area contributed by atoms with Gasteiger partial charge in [0.15, 0.2) is 17.2 Å². The molecule has 0 saturated carbocycles. The number of ether oxygens (including phenoxy) is 2. The van der Waals surface area contributed by atoms with Gasteiger partial charge in [0.25, 0.3) is 11.3 Å². The molecule has 2 rings (SSSR count). The summed E-state index contributed by atoms with van der Waals surface area (Å²) in [6.07, 6.45) is 1.14. The van der Waals surface area contributed by atoms with E-state index in [2.05, 4.69) is 0 Å². The fraction of sp³-hybridized carbons (Fsp3) is 0.538. The van der Waals surface area contributed by atoms with Crippen LogP contribution in [0.4, 0.5) is 0 Å². The number of amides is 1. The van der Waals surface area contributed by atoms with Gasteiger partial charge in [0.05, 0.1) is 32.6 Å². The van der Waals surface area contributed by atoms with E-state index in [0.717, 1.165) is 6.20 Å². The molecule has 1 amide bonds. The summed E-state index contributed by atoms with van der Waals surface area (Å²) >= 11 is 0. The molecule has 0 aromatic carbocycles. The topological polar surface area (TPSA) is 104 Å². The number of rotatable bonds is 6. The summed E-state index contributed by atoms with van der Waals surface area (Å²) in [5, 5.41) is 22.5. The third-order valence-corrected chi connectivity index (χ3v) is 3.39. The average Bonchev–Trinajstić information content (AvgIpc) is 2.49. The second-order valence-electron chi connectivity index (χ2n) is 4.80. The maximum Gasteiger partial charge on any atom is 0.288 e. The number of aromatic nitrogens is 1. The van der Waals surface area contributed by atoms with Gasteiger partial charge in [-0.1, -0.05) is 0 Å². The highest BCUT2D eigenvalue weighted by Crippen LogP contribution is 2.24. The molecule has 0 unspecified atom stereocenters. The van der Waals surface area contributed by atoms with Crippen LogP contribution < -0.4 is 5.43 Å². The summed E-state index contributed by atoms with van der Waals surface area (Å²) in [5.74, 6) is -1.89. The molecule has 0 atom stereocenters. The van der Waals surface area contributed by atoms with E-state index in [4.69, 9.17) is 9.47 Å². The number of hydrogen-bond acceptors (Lipinski definition) is 7. The fourth-order valence-corrected chi connectivity index (χ4v) is 2.28. The van der Waals surface area contributed by atoms with E-state index in [9.17, 15) is 19.8 Å².